The normalized spacial score (nSPS) is 13.2. The second-order valence-corrected chi connectivity index (χ2v) is 6.70. The minimum Gasteiger partial charge on any atom is -0.395 e. The van der Waals surface area contributed by atoms with E-state index in [-0.39, 0.29) is 16.1 Å². The van der Waals surface area contributed by atoms with Crippen molar-refractivity contribution >= 4 is 42.2 Å². The Hall–Kier alpha value is -0.360. The Morgan fingerprint density at radius 1 is 1.43 bits per heavy atom. The van der Waals surface area contributed by atoms with Gasteiger partial charge in [0, 0.05) is 5.75 Å². The summed E-state index contributed by atoms with van der Waals surface area (Å²) in [7, 11) is -0.325. The van der Waals surface area contributed by atoms with E-state index in [2.05, 4.69) is 4.98 Å². The van der Waals surface area contributed by atoms with Gasteiger partial charge in [-0.15, -0.1) is 11.3 Å². The van der Waals surface area contributed by atoms with E-state index in [0.717, 1.165) is 9.86 Å². The summed E-state index contributed by atoms with van der Waals surface area (Å²) in [5.74, 6) is 0.634. The van der Waals surface area contributed by atoms with Crippen molar-refractivity contribution in [3.63, 3.8) is 0 Å². The molecule has 0 saturated heterocycles. The van der Waals surface area contributed by atoms with Crippen LogP contribution in [0, 0.1) is 0 Å². The molecule has 2 rings (SSSR count). The average molecular weight is 243 g/mol. The molecular formula is C9H9NOS3. The van der Waals surface area contributed by atoms with Gasteiger partial charge in [-0.25, -0.2) is 4.98 Å². The highest BCUT2D eigenvalue weighted by atomic mass is 32.8. The van der Waals surface area contributed by atoms with E-state index in [1.54, 1.807) is 11.3 Å². The Balaban J connectivity index is 2.40. The maximum absolute atomic E-state index is 8.79. The zero-order valence-corrected chi connectivity index (χ0v) is 9.79. The lowest BCUT2D eigenvalue weighted by Crippen LogP contribution is -1.99. The predicted molar refractivity (Wildman–Crippen MR) is 64.6 cm³/mol. The number of hydrogen-bond donors (Lipinski definition) is 1. The highest BCUT2D eigenvalue weighted by Gasteiger charge is 2.05. The molecule has 1 aromatic heterocycles. The lowest BCUT2D eigenvalue weighted by Gasteiger charge is -1.95. The van der Waals surface area contributed by atoms with Crippen LogP contribution in [0.2, 0.25) is 0 Å². The van der Waals surface area contributed by atoms with Gasteiger partial charge in [0.05, 0.1) is 16.8 Å². The van der Waals surface area contributed by atoms with Crippen molar-refractivity contribution in [2.45, 2.75) is 4.34 Å². The fourth-order valence-corrected chi connectivity index (χ4v) is 3.89. The first-order valence-electron chi connectivity index (χ1n) is 4.16. The molecule has 74 valence electrons. The van der Waals surface area contributed by atoms with Crippen LogP contribution >= 0.6 is 11.3 Å². The van der Waals surface area contributed by atoms with Crippen LogP contribution < -0.4 is 0 Å². The number of aliphatic hydroxyl groups excluding tert-OH is 1. The van der Waals surface area contributed by atoms with Crippen LogP contribution in [0.15, 0.2) is 28.6 Å². The summed E-state index contributed by atoms with van der Waals surface area (Å²) in [4.78, 5) is 4.45. The fourth-order valence-electron chi connectivity index (χ4n) is 1.12. The molecule has 0 saturated carbocycles. The first kappa shape index (κ1) is 10.2. The minimum atomic E-state index is -0.325. The second kappa shape index (κ2) is 4.44. The van der Waals surface area contributed by atoms with Gasteiger partial charge in [0.2, 0.25) is 0 Å². The van der Waals surface area contributed by atoms with E-state index in [0.29, 0.717) is 5.75 Å². The first-order chi connectivity index (χ1) is 6.81. The highest BCUT2D eigenvalue weighted by Crippen LogP contribution is 2.23. The van der Waals surface area contributed by atoms with Crippen molar-refractivity contribution in [1.29, 1.82) is 0 Å². The maximum Gasteiger partial charge on any atom is 0.155 e. The molecule has 0 spiro atoms. The average Bonchev–Trinajstić information content (AvgIpc) is 2.61. The Kier molecular flexibility index (Phi) is 3.22. The third-order valence-electron chi connectivity index (χ3n) is 1.75. The van der Waals surface area contributed by atoms with Crippen LogP contribution in [0.25, 0.3) is 10.2 Å². The summed E-state index contributed by atoms with van der Waals surface area (Å²) in [5, 5.41) is 8.79. The molecular weight excluding hydrogens is 234 g/mol. The molecule has 0 bridgehead atoms. The van der Waals surface area contributed by atoms with Crippen LogP contribution in [0.1, 0.15) is 0 Å². The number of para-hydroxylation sites is 1. The summed E-state index contributed by atoms with van der Waals surface area (Å²) < 4.78 is 2.14. The molecule has 0 aliphatic carbocycles. The number of fused-ring (bicyclic) bond motifs is 1. The molecule has 2 nitrogen and oxygen atoms in total. The standard InChI is InChI=1S/C9H9NOS3/c11-5-6-14(12)9-10-7-3-1-2-4-8(7)13-9/h1-4,11H,5-6H2. The number of thiazole rings is 1. The topological polar surface area (TPSA) is 33.1 Å². The lowest BCUT2D eigenvalue weighted by atomic mass is 10.3. The van der Waals surface area contributed by atoms with Crippen molar-refractivity contribution in [3.05, 3.63) is 24.3 Å². The molecule has 1 atom stereocenters. The zero-order chi connectivity index (χ0) is 9.97. The molecule has 1 heterocycles. The SMILES string of the molecule is OCCS(=S)c1nc2ccccc2s1. The second-order valence-electron chi connectivity index (χ2n) is 2.72. The Morgan fingerprint density at radius 3 is 2.93 bits per heavy atom. The smallest absolute Gasteiger partial charge is 0.155 e. The molecule has 0 aliphatic rings. The highest BCUT2D eigenvalue weighted by molar-refractivity contribution is 8.29. The number of nitrogens with zero attached hydrogens (tertiary/aromatic N) is 1. The number of hydrogen-bond acceptors (Lipinski definition) is 4. The fraction of sp³-hybridized carbons (Fsp3) is 0.222. The van der Waals surface area contributed by atoms with Gasteiger partial charge in [-0.05, 0) is 23.3 Å². The molecule has 1 aromatic carbocycles. The van der Waals surface area contributed by atoms with Crippen LogP contribution in [0.5, 0.6) is 0 Å². The number of aromatic nitrogens is 1. The predicted octanol–water partition coefficient (Wildman–Crippen LogP) is 1.73. The monoisotopic (exact) mass is 243 g/mol. The van der Waals surface area contributed by atoms with Crippen LogP contribution in [-0.2, 0) is 20.6 Å². The third kappa shape index (κ3) is 2.00. The van der Waals surface area contributed by atoms with E-state index >= 15 is 0 Å². The third-order valence-corrected chi connectivity index (χ3v) is 5.75. The molecule has 1 unspecified atom stereocenters. The van der Waals surface area contributed by atoms with Crippen LogP contribution in [0.4, 0.5) is 0 Å². The van der Waals surface area contributed by atoms with Crippen molar-refractivity contribution in [1.82, 2.24) is 4.98 Å². The molecule has 0 radical (unpaired) electrons. The van der Waals surface area contributed by atoms with Crippen LogP contribution in [0.3, 0.4) is 0 Å². The minimum absolute atomic E-state index is 0.141. The zero-order valence-electron chi connectivity index (χ0n) is 7.34. The summed E-state index contributed by atoms with van der Waals surface area (Å²) in [6.07, 6.45) is 0. The van der Waals surface area contributed by atoms with Crippen molar-refractivity contribution < 1.29 is 5.11 Å². The van der Waals surface area contributed by atoms with Gasteiger partial charge in [-0.2, -0.15) is 0 Å². The Bertz CT molecular complexity index is 433. The summed E-state index contributed by atoms with van der Waals surface area (Å²) in [6.45, 7) is 0.141. The van der Waals surface area contributed by atoms with Gasteiger partial charge < -0.3 is 5.11 Å². The number of aliphatic hydroxyl groups is 1. The van der Waals surface area contributed by atoms with E-state index in [1.807, 2.05) is 24.3 Å². The van der Waals surface area contributed by atoms with Gasteiger partial charge in [0.15, 0.2) is 4.34 Å². The van der Waals surface area contributed by atoms with Gasteiger partial charge in [-0.1, -0.05) is 21.6 Å². The molecule has 5 heteroatoms. The largest absolute Gasteiger partial charge is 0.395 e. The van der Waals surface area contributed by atoms with E-state index in [9.17, 15) is 0 Å². The molecule has 1 N–H and O–H groups in total. The molecule has 14 heavy (non-hydrogen) atoms. The van der Waals surface area contributed by atoms with Crippen molar-refractivity contribution in [3.8, 4) is 0 Å². The van der Waals surface area contributed by atoms with Crippen molar-refractivity contribution in [2.24, 2.45) is 0 Å². The first-order valence-corrected chi connectivity index (χ1v) is 7.29. The van der Waals surface area contributed by atoms with Gasteiger partial charge in [0.25, 0.3) is 0 Å². The summed E-state index contributed by atoms with van der Waals surface area (Å²) >= 11 is 6.89. The number of benzene rings is 1. The van der Waals surface area contributed by atoms with E-state index in [1.165, 1.54) is 4.70 Å². The van der Waals surface area contributed by atoms with Gasteiger partial charge >= 0.3 is 0 Å². The maximum atomic E-state index is 8.79. The summed E-state index contributed by atoms with van der Waals surface area (Å²) in [6, 6.07) is 8.00. The van der Waals surface area contributed by atoms with E-state index < -0.39 is 0 Å². The lowest BCUT2D eigenvalue weighted by molar-refractivity contribution is 0.322. The van der Waals surface area contributed by atoms with Gasteiger partial charge in [0.1, 0.15) is 0 Å². The molecule has 2 aromatic rings. The number of rotatable bonds is 3. The summed E-state index contributed by atoms with van der Waals surface area (Å²) in [5.41, 5.74) is 1.01. The quantitative estimate of drug-likeness (QED) is 0.891. The Labute approximate surface area is 93.2 Å². The Morgan fingerprint density at radius 2 is 2.21 bits per heavy atom. The molecule has 0 fully saturated rings. The van der Waals surface area contributed by atoms with Gasteiger partial charge in [-0.3, -0.25) is 0 Å². The van der Waals surface area contributed by atoms with E-state index in [4.69, 9.17) is 16.3 Å². The van der Waals surface area contributed by atoms with Crippen molar-refractivity contribution in [2.75, 3.05) is 12.4 Å². The van der Waals surface area contributed by atoms with Crippen LogP contribution in [-0.4, -0.2) is 22.5 Å². The molecule has 0 amide bonds. The molecule has 0 aliphatic heterocycles.